The van der Waals surface area contributed by atoms with Crippen LogP contribution in [0.15, 0.2) is 24.3 Å². The highest BCUT2D eigenvalue weighted by Gasteiger charge is 2.13. The molecule has 0 atom stereocenters. The quantitative estimate of drug-likeness (QED) is 0.942. The topological polar surface area (TPSA) is 56.1 Å². The lowest BCUT2D eigenvalue weighted by Crippen LogP contribution is -2.13. The summed E-state index contributed by atoms with van der Waals surface area (Å²) < 4.78 is 30.0. The van der Waals surface area contributed by atoms with Crippen molar-refractivity contribution in [1.29, 1.82) is 0 Å². The average molecular weight is 316 g/mol. The van der Waals surface area contributed by atoms with Gasteiger partial charge in [0.05, 0.1) is 5.02 Å². The lowest BCUT2D eigenvalue weighted by atomic mass is 10.3. The number of hydrogen-bond donors (Lipinski definition) is 1. The molecule has 112 valence electrons. The second-order valence-electron chi connectivity index (χ2n) is 4.27. The standard InChI is InChI=1S/C13H12ClF2N3O2/c1-7-5-10(18-19(7)2)12(20)17-8-3-4-11(9(14)6-8)21-13(15)16/h3-6,13H,1-2H3,(H,17,20). The van der Waals surface area contributed by atoms with Crippen LogP contribution in [0.1, 0.15) is 16.2 Å². The van der Waals surface area contributed by atoms with E-state index in [0.717, 1.165) is 5.69 Å². The van der Waals surface area contributed by atoms with Gasteiger partial charge in [-0.3, -0.25) is 9.48 Å². The summed E-state index contributed by atoms with van der Waals surface area (Å²) in [5.41, 5.74) is 1.44. The second-order valence-corrected chi connectivity index (χ2v) is 4.68. The molecule has 1 heterocycles. The van der Waals surface area contributed by atoms with Crippen molar-refractivity contribution in [2.45, 2.75) is 13.5 Å². The van der Waals surface area contributed by atoms with Crippen molar-refractivity contribution in [1.82, 2.24) is 9.78 Å². The summed E-state index contributed by atoms with van der Waals surface area (Å²) in [7, 11) is 1.72. The number of amides is 1. The lowest BCUT2D eigenvalue weighted by molar-refractivity contribution is -0.0497. The number of aromatic nitrogens is 2. The van der Waals surface area contributed by atoms with Gasteiger partial charge in [0, 0.05) is 18.4 Å². The highest BCUT2D eigenvalue weighted by Crippen LogP contribution is 2.29. The molecule has 0 aliphatic carbocycles. The van der Waals surface area contributed by atoms with Gasteiger partial charge in [0.2, 0.25) is 0 Å². The first kappa shape index (κ1) is 15.2. The lowest BCUT2D eigenvalue weighted by Gasteiger charge is -2.08. The molecule has 0 aliphatic heterocycles. The van der Waals surface area contributed by atoms with Crippen molar-refractivity contribution in [3.05, 3.63) is 40.7 Å². The highest BCUT2D eigenvalue weighted by atomic mass is 35.5. The molecule has 21 heavy (non-hydrogen) atoms. The predicted octanol–water partition coefficient (Wildman–Crippen LogP) is 3.24. The van der Waals surface area contributed by atoms with Gasteiger partial charge in [0.25, 0.3) is 5.91 Å². The summed E-state index contributed by atoms with van der Waals surface area (Å²) >= 11 is 5.80. The van der Waals surface area contributed by atoms with Crippen molar-refractivity contribution < 1.29 is 18.3 Å². The van der Waals surface area contributed by atoms with Gasteiger partial charge in [-0.25, -0.2) is 0 Å². The molecule has 1 aromatic carbocycles. The van der Waals surface area contributed by atoms with Crippen molar-refractivity contribution in [3.63, 3.8) is 0 Å². The number of hydrogen-bond acceptors (Lipinski definition) is 3. The molecule has 2 aromatic rings. The zero-order chi connectivity index (χ0) is 15.6. The van der Waals surface area contributed by atoms with Crippen LogP contribution in [0.4, 0.5) is 14.5 Å². The zero-order valence-electron chi connectivity index (χ0n) is 11.2. The summed E-state index contributed by atoms with van der Waals surface area (Å²) in [5.74, 6) is -0.573. The number of halogens is 3. The molecule has 0 bridgehead atoms. The van der Waals surface area contributed by atoms with Crippen LogP contribution in [-0.4, -0.2) is 22.3 Å². The van der Waals surface area contributed by atoms with Crippen LogP contribution in [0.5, 0.6) is 5.75 Å². The maximum Gasteiger partial charge on any atom is 0.387 e. The number of nitrogens with one attached hydrogen (secondary N) is 1. The van der Waals surface area contributed by atoms with Gasteiger partial charge in [0.15, 0.2) is 5.69 Å². The number of anilines is 1. The Bertz CT molecular complexity index is 654. The first-order valence-corrected chi connectivity index (χ1v) is 6.31. The Morgan fingerprint density at radius 1 is 1.43 bits per heavy atom. The van der Waals surface area contributed by atoms with E-state index in [2.05, 4.69) is 15.2 Å². The number of nitrogens with zero attached hydrogens (tertiary/aromatic N) is 2. The Kier molecular flexibility index (Phi) is 4.42. The van der Waals surface area contributed by atoms with E-state index in [9.17, 15) is 13.6 Å². The number of ether oxygens (including phenoxy) is 1. The summed E-state index contributed by atoms with van der Waals surface area (Å²) in [6, 6.07) is 5.63. The molecule has 1 N–H and O–H groups in total. The Hall–Kier alpha value is -2.15. The van der Waals surface area contributed by atoms with E-state index in [1.54, 1.807) is 17.8 Å². The van der Waals surface area contributed by atoms with E-state index in [-0.39, 0.29) is 16.5 Å². The van der Waals surface area contributed by atoms with Gasteiger partial charge in [-0.2, -0.15) is 13.9 Å². The predicted molar refractivity (Wildman–Crippen MR) is 74.0 cm³/mol. The van der Waals surface area contributed by atoms with E-state index >= 15 is 0 Å². The second kappa shape index (κ2) is 6.09. The first-order valence-electron chi connectivity index (χ1n) is 5.93. The van der Waals surface area contributed by atoms with Crippen LogP contribution in [0, 0.1) is 6.92 Å². The van der Waals surface area contributed by atoms with E-state index in [4.69, 9.17) is 11.6 Å². The average Bonchev–Trinajstić information content (AvgIpc) is 2.73. The minimum absolute atomic E-state index is 0.0229. The molecule has 8 heteroatoms. The van der Waals surface area contributed by atoms with Gasteiger partial charge in [0.1, 0.15) is 5.75 Å². The normalized spacial score (nSPS) is 10.8. The summed E-state index contributed by atoms with van der Waals surface area (Å²) in [6.45, 7) is -1.14. The van der Waals surface area contributed by atoms with Gasteiger partial charge in [-0.05, 0) is 31.2 Å². The molecule has 0 fully saturated rings. The molecular weight excluding hydrogens is 304 g/mol. The smallest absolute Gasteiger partial charge is 0.387 e. The van der Waals surface area contributed by atoms with Crippen LogP contribution in [-0.2, 0) is 7.05 Å². The maximum absolute atomic E-state index is 12.1. The molecular formula is C13H12ClF2N3O2. The molecule has 1 amide bonds. The van der Waals surface area contributed by atoms with Gasteiger partial charge in [-0.1, -0.05) is 11.6 Å². The van der Waals surface area contributed by atoms with E-state index in [0.29, 0.717) is 5.69 Å². The van der Waals surface area contributed by atoms with Gasteiger partial charge in [-0.15, -0.1) is 0 Å². The fraction of sp³-hybridized carbons (Fsp3) is 0.231. The fourth-order valence-electron chi connectivity index (χ4n) is 1.64. The Morgan fingerprint density at radius 2 is 2.14 bits per heavy atom. The van der Waals surface area contributed by atoms with Crippen LogP contribution in [0.25, 0.3) is 0 Å². The van der Waals surface area contributed by atoms with E-state index in [1.165, 1.54) is 18.2 Å². The molecule has 1 aromatic heterocycles. The highest BCUT2D eigenvalue weighted by molar-refractivity contribution is 6.32. The first-order chi connectivity index (χ1) is 9.86. The summed E-state index contributed by atoms with van der Waals surface area (Å²) in [6.07, 6.45) is 0. The number of carbonyl (C=O) groups is 1. The van der Waals surface area contributed by atoms with Crippen LogP contribution < -0.4 is 10.1 Å². The minimum atomic E-state index is -2.96. The van der Waals surface area contributed by atoms with Crippen molar-refractivity contribution in [2.75, 3.05) is 5.32 Å². The number of aryl methyl sites for hydroxylation is 2. The third-order valence-electron chi connectivity index (χ3n) is 2.75. The molecule has 0 radical (unpaired) electrons. The number of benzene rings is 1. The largest absolute Gasteiger partial charge is 0.433 e. The third-order valence-corrected chi connectivity index (χ3v) is 3.05. The van der Waals surface area contributed by atoms with E-state index in [1.807, 2.05) is 6.92 Å². The van der Waals surface area contributed by atoms with E-state index < -0.39 is 12.5 Å². The van der Waals surface area contributed by atoms with Crippen LogP contribution in [0.3, 0.4) is 0 Å². The Labute approximate surface area is 124 Å². The van der Waals surface area contributed by atoms with Crippen molar-refractivity contribution in [2.24, 2.45) is 7.05 Å². The van der Waals surface area contributed by atoms with Crippen LogP contribution in [0.2, 0.25) is 5.02 Å². The Balaban J connectivity index is 2.12. The minimum Gasteiger partial charge on any atom is -0.433 e. The van der Waals surface area contributed by atoms with Crippen molar-refractivity contribution >= 4 is 23.2 Å². The molecule has 2 rings (SSSR count). The maximum atomic E-state index is 12.1. The van der Waals surface area contributed by atoms with Crippen molar-refractivity contribution in [3.8, 4) is 5.75 Å². The molecule has 0 saturated heterocycles. The number of rotatable bonds is 4. The number of alkyl halides is 2. The Morgan fingerprint density at radius 3 is 2.67 bits per heavy atom. The zero-order valence-corrected chi connectivity index (χ0v) is 12.0. The summed E-state index contributed by atoms with van der Waals surface area (Å²) in [5, 5.41) is 6.59. The number of carbonyl (C=O) groups excluding carboxylic acids is 1. The molecule has 5 nitrogen and oxygen atoms in total. The van der Waals surface area contributed by atoms with Crippen LogP contribution >= 0.6 is 11.6 Å². The molecule has 0 spiro atoms. The molecule has 0 unspecified atom stereocenters. The molecule has 0 aliphatic rings. The SMILES string of the molecule is Cc1cc(C(=O)Nc2ccc(OC(F)F)c(Cl)c2)nn1C. The van der Waals surface area contributed by atoms with Gasteiger partial charge >= 0.3 is 6.61 Å². The van der Waals surface area contributed by atoms with Gasteiger partial charge < -0.3 is 10.1 Å². The monoisotopic (exact) mass is 315 g/mol. The third kappa shape index (κ3) is 3.69. The summed E-state index contributed by atoms with van der Waals surface area (Å²) in [4.78, 5) is 12.0. The molecule has 0 saturated carbocycles. The fourth-order valence-corrected chi connectivity index (χ4v) is 1.86.